The van der Waals surface area contributed by atoms with E-state index in [0.717, 1.165) is 19.3 Å². The lowest BCUT2D eigenvalue weighted by molar-refractivity contribution is -0.116. The molecular weight excluding hydrogens is 332 g/mol. The molecule has 1 aromatic heterocycles. The molecule has 2 atom stereocenters. The van der Waals surface area contributed by atoms with Gasteiger partial charge in [-0.1, -0.05) is 0 Å². The molecule has 9 heteroatoms. The first-order valence-electron chi connectivity index (χ1n) is 8.05. The van der Waals surface area contributed by atoms with Gasteiger partial charge >= 0.3 is 0 Å². The molecule has 8 nitrogen and oxygen atoms in total. The van der Waals surface area contributed by atoms with E-state index in [4.69, 9.17) is 4.74 Å². The van der Waals surface area contributed by atoms with Crippen LogP contribution in [0, 0.1) is 0 Å². The van der Waals surface area contributed by atoms with E-state index in [1.165, 1.54) is 29.2 Å². The second kappa shape index (κ2) is 6.73. The van der Waals surface area contributed by atoms with Crippen LogP contribution in [0.15, 0.2) is 18.6 Å². The monoisotopic (exact) mass is 354 g/mol. The zero-order valence-electron chi connectivity index (χ0n) is 13.6. The summed E-state index contributed by atoms with van der Waals surface area (Å²) in [5.74, 6) is -0.282. The van der Waals surface area contributed by atoms with Gasteiger partial charge in [-0.05, 0) is 25.7 Å². The van der Waals surface area contributed by atoms with E-state index in [2.05, 4.69) is 15.3 Å². The average molecular weight is 354 g/mol. The molecular formula is C15H22N4O4S. The molecule has 2 saturated heterocycles. The SMILES string of the molecule is CS(=O)(=O)N1CC[C@]2(CCC[C@@H](CNC(=O)c3cnccn3)O2)C1. The molecule has 0 unspecified atom stereocenters. The summed E-state index contributed by atoms with van der Waals surface area (Å²) in [5.41, 5.74) is -0.143. The topological polar surface area (TPSA) is 101 Å². The molecule has 0 bridgehead atoms. The Bertz CT molecular complexity index is 697. The Balaban J connectivity index is 1.56. The number of hydrogen-bond donors (Lipinski definition) is 1. The Morgan fingerprint density at radius 2 is 2.29 bits per heavy atom. The van der Waals surface area contributed by atoms with Crippen molar-refractivity contribution in [1.29, 1.82) is 0 Å². The fourth-order valence-corrected chi connectivity index (χ4v) is 4.26. The van der Waals surface area contributed by atoms with E-state index in [1.807, 2.05) is 0 Å². The van der Waals surface area contributed by atoms with E-state index >= 15 is 0 Å². The standard InChI is InChI=1S/C15H22N4O4S/c1-24(21,22)19-8-5-15(11-19)4-2-3-12(23-15)9-18-14(20)13-10-16-6-7-17-13/h6-7,10,12H,2-5,8-9,11H2,1H3,(H,18,20)/t12-,15+/m0/s1. The maximum Gasteiger partial charge on any atom is 0.271 e. The molecule has 0 aromatic carbocycles. The third kappa shape index (κ3) is 3.90. The first kappa shape index (κ1) is 17.2. The van der Waals surface area contributed by atoms with Crippen LogP contribution in [0.3, 0.4) is 0 Å². The number of nitrogens with one attached hydrogen (secondary N) is 1. The Morgan fingerprint density at radius 1 is 1.46 bits per heavy atom. The zero-order valence-corrected chi connectivity index (χ0v) is 14.5. The van der Waals surface area contributed by atoms with Crippen LogP contribution < -0.4 is 5.32 Å². The minimum atomic E-state index is -3.19. The fourth-order valence-electron chi connectivity index (χ4n) is 3.37. The van der Waals surface area contributed by atoms with Gasteiger partial charge in [-0.25, -0.2) is 13.4 Å². The van der Waals surface area contributed by atoms with Crippen LogP contribution in [-0.2, 0) is 14.8 Å². The first-order chi connectivity index (χ1) is 11.4. The van der Waals surface area contributed by atoms with Crippen LogP contribution in [0.2, 0.25) is 0 Å². The third-order valence-electron chi connectivity index (χ3n) is 4.61. The third-order valence-corrected chi connectivity index (χ3v) is 5.86. The molecule has 2 aliphatic rings. The summed E-state index contributed by atoms with van der Waals surface area (Å²) in [6.07, 6.45) is 8.89. The van der Waals surface area contributed by atoms with Gasteiger partial charge in [0.1, 0.15) is 5.69 Å². The van der Waals surface area contributed by atoms with Gasteiger partial charge in [0, 0.05) is 32.0 Å². The van der Waals surface area contributed by atoms with Crippen LogP contribution in [0.1, 0.15) is 36.2 Å². The van der Waals surface area contributed by atoms with E-state index in [0.29, 0.717) is 26.1 Å². The maximum atomic E-state index is 12.0. The summed E-state index contributed by atoms with van der Waals surface area (Å²) < 4.78 is 31.1. The molecule has 1 amide bonds. The number of aromatic nitrogens is 2. The normalized spacial score (nSPS) is 28.1. The molecule has 0 radical (unpaired) electrons. The quantitative estimate of drug-likeness (QED) is 0.828. The summed E-state index contributed by atoms with van der Waals surface area (Å²) >= 11 is 0. The van der Waals surface area contributed by atoms with Gasteiger partial charge < -0.3 is 10.1 Å². The molecule has 3 rings (SSSR count). The fraction of sp³-hybridized carbons (Fsp3) is 0.667. The number of amides is 1. The van der Waals surface area contributed by atoms with Crippen molar-refractivity contribution in [2.45, 2.75) is 37.4 Å². The molecule has 1 N–H and O–H groups in total. The largest absolute Gasteiger partial charge is 0.369 e. The van der Waals surface area contributed by atoms with Gasteiger partial charge in [-0.3, -0.25) is 9.78 Å². The molecule has 3 heterocycles. The van der Waals surface area contributed by atoms with Gasteiger partial charge in [0.15, 0.2) is 0 Å². The van der Waals surface area contributed by atoms with E-state index in [-0.39, 0.29) is 17.7 Å². The summed E-state index contributed by atoms with van der Waals surface area (Å²) in [4.78, 5) is 19.9. The van der Waals surface area contributed by atoms with Gasteiger partial charge in [0.05, 0.1) is 24.2 Å². The van der Waals surface area contributed by atoms with Crippen LogP contribution in [-0.4, -0.2) is 66.2 Å². The number of ether oxygens (including phenoxy) is 1. The predicted octanol–water partition coefficient (Wildman–Crippen LogP) is 0.180. The van der Waals surface area contributed by atoms with E-state index in [1.54, 1.807) is 0 Å². The van der Waals surface area contributed by atoms with Gasteiger partial charge in [-0.2, -0.15) is 4.31 Å². The summed E-state index contributed by atoms with van der Waals surface area (Å²) in [7, 11) is -3.19. The smallest absolute Gasteiger partial charge is 0.271 e. The maximum absolute atomic E-state index is 12.0. The highest BCUT2D eigenvalue weighted by Gasteiger charge is 2.45. The van der Waals surface area contributed by atoms with Crippen molar-refractivity contribution in [3.8, 4) is 0 Å². The Hall–Kier alpha value is -1.58. The molecule has 132 valence electrons. The second-order valence-corrected chi connectivity index (χ2v) is 8.44. The first-order valence-corrected chi connectivity index (χ1v) is 9.90. The Labute approximate surface area is 141 Å². The van der Waals surface area contributed by atoms with Crippen molar-refractivity contribution in [3.63, 3.8) is 0 Å². The van der Waals surface area contributed by atoms with Crippen LogP contribution in [0.5, 0.6) is 0 Å². The lowest BCUT2D eigenvalue weighted by Gasteiger charge is -2.38. The molecule has 1 aromatic rings. The number of hydrogen-bond acceptors (Lipinski definition) is 6. The van der Waals surface area contributed by atoms with Crippen molar-refractivity contribution < 1.29 is 17.9 Å². The van der Waals surface area contributed by atoms with E-state index < -0.39 is 15.6 Å². The van der Waals surface area contributed by atoms with E-state index in [9.17, 15) is 13.2 Å². The molecule has 0 saturated carbocycles. The molecule has 0 aliphatic carbocycles. The molecule has 1 spiro atoms. The number of carbonyl (C=O) groups is 1. The zero-order chi connectivity index (χ0) is 17.2. The van der Waals surface area contributed by atoms with Crippen LogP contribution in [0.4, 0.5) is 0 Å². The van der Waals surface area contributed by atoms with Crippen molar-refractivity contribution >= 4 is 15.9 Å². The predicted molar refractivity (Wildman–Crippen MR) is 86.9 cm³/mol. The van der Waals surface area contributed by atoms with Gasteiger partial charge in [0.2, 0.25) is 10.0 Å². The minimum Gasteiger partial charge on any atom is -0.369 e. The lowest BCUT2D eigenvalue weighted by Crippen LogP contribution is -2.47. The van der Waals surface area contributed by atoms with Crippen molar-refractivity contribution in [2.75, 3.05) is 25.9 Å². The molecule has 2 fully saturated rings. The highest BCUT2D eigenvalue weighted by Crippen LogP contribution is 2.37. The van der Waals surface area contributed by atoms with Gasteiger partial charge in [-0.15, -0.1) is 0 Å². The number of rotatable bonds is 4. The number of carbonyl (C=O) groups excluding carboxylic acids is 1. The van der Waals surface area contributed by atoms with Crippen molar-refractivity contribution in [2.24, 2.45) is 0 Å². The van der Waals surface area contributed by atoms with Crippen molar-refractivity contribution in [3.05, 3.63) is 24.3 Å². The Morgan fingerprint density at radius 3 is 2.96 bits per heavy atom. The summed E-state index contributed by atoms with van der Waals surface area (Å²) in [6.45, 7) is 1.29. The highest BCUT2D eigenvalue weighted by atomic mass is 32.2. The molecule has 24 heavy (non-hydrogen) atoms. The number of sulfonamides is 1. The van der Waals surface area contributed by atoms with Gasteiger partial charge in [0.25, 0.3) is 5.91 Å². The minimum absolute atomic E-state index is 0.112. The summed E-state index contributed by atoms with van der Waals surface area (Å²) in [5, 5.41) is 2.82. The van der Waals surface area contributed by atoms with Crippen molar-refractivity contribution in [1.82, 2.24) is 19.6 Å². The second-order valence-electron chi connectivity index (χ2n) is 6.46. The average Bonchev–Trinajstić information content (AvgIpc) is 2.97. The number of nitrogens with zero attached hydrogens (tertiary/aromatic N) is 3. The molecule has 2 aliphatic heterocycles. The van der Waals surface area contributed by atoms with Crippen LogP contribution >= 0.6 is 0 Å². The van der Waals surface area contributed by atoms with Crippen LogP contribution in [0.25, 0.3) is 0 Å². The lowest BCUT2D eigenvalue weighted by atomic mass is 9.90. The summed E-state index contributed by atoms with van der Waals surface area (Å²) in [6, 6.07) is 0. The highest BCUT2D eigenvalue weighted by molar-refractivity contribution is 7.88. The Kier molecular flexibility index (Phi) is 4.84.